The van der Waals surface area contributed by atoms with Gasteiger partial charge in [-0.1, -0.05) is 21.9 Å². The third-order valence-electron chi connectivity index (χ3n) is 6.13. The number of anilines is 1. The summed E-state index contributed by atoms with van der Waals surface area (Å²) < 4.78 is 16.7. The number of aryl methyl sites for hydroxylation is 1. The minimum Gasteiger partial charge on any atom is -0.472 e. The van der Waals surface area contributed by atoms with Crippen molar-refractivity contribution < 1.29 is 19.0 Å². The molecule has 0 radical (unpaired) electrons. The van der Waals surface area contributed by atoms with Gasteiger partial charge in [-0.2, -0.15) is 0 Å². The topological polar surface area (TPSA) is 163 Å². The molecule has 0 saturated carbocycles. The van der Waals surface area contributed by atoms with Gasteiger partial charge in [0, 0.05) is 35.7 Å². The van der Waals surface area contributed by atoms with Gasteiger partial charge in [-0.15, -0.1) is 14.8 Å². The predicted molar refractivity (Wildman–Crippen MR) is 142 cm³/mol. The van der Waals surface area contributed by atoms with Crippen LogP contribution in [0.25, 0.3) is 17.0 Å². The fourth-order valence-corrected chi connectivity index (χ4v) is 4.21. The zero-order valence-corrected chi connectivity index (χ0v) is 22.0. The Morgan fingerprint density at radius 2 is 1.76 bits per heavy atom. The fourth-order valence-electron chi connectivity index (χ4n) is 4.21. The number of nitrogens with zero attached hydrogens (tertiary/aromatic N) is 11. The average Bonchev–Trinajstić information content (AvgIpc) is 3.66. The molecule has 6 aromatic rings. The maximum atomic E-state index is 11.3. The first-order valence-corrected chi connectivity index (χ1v) is 12.9. The molecule has 0 fully saturated rings. The Hall–Kier alpha value is -5.60. The molecule has 6 rings (SSSR count). The van der Waals surface area contributed by atoms with Gasteiger partial charge in [-0.25, -0.2) is 0 Å². The first-order chi connectivity index (χ1) is 20.1. The van der Waals surface area contributed by atoms with Crippen LogP contribution in [0.4, 0.5) is 5.69 Å². The molecule has 15 heteroatoms. The number of rotatable bonds is 11. The highest BCUT2D eigenvalue weighted by atomic mass is 16.5. The fraction of sp³-hybridized carbons (Fsp3) is 0.231. The van der Waals surface area contributed by atoms with Crippen LogP contribution in [0.5, 0.6) is 11.8 Å². The molecular formula is C26H25N12O3+. The molecule has 1 amide bonds. The molecule has 1 N–H and O–H groups in total. The molecule has 15 nitrogen and oxygen atoms in total. The van der Waals surface area contributed by atoms with Crippen LogP contribution in [0.1, 0.15) is 30.9 Å². The number of unbranched alkanes of at least 4 members (excludes halogenated alkanes) is 1. The second-order valence-electron chi connectivity index (χ2n) is 9.10. The van der Waals surface area contributed by atoms with Crippen LogP contribution in [0.3, 0.4) is 0 Å². The van der Waals surface area contributed by atoms with Gasteiger partial charge in [-0.05, 0) is 71.1 Å². The highest BCUT2D eigenvalue weighted by molar-refractivity contribution is 5.88. The molecule has 1 aromatic carbocycles. The van der Waals surface area contributed by atoms with Crippen LogP contribution < -0.4 is 19.5 Å². The lowest BCUT2D eigenvalue weighted by atomic mass is 10.1. The molecular weight excluding hydrogens is 528 g/mol. The number of pyridine rings is 1. The zero-order valence-electron chi connectivity index (χ0n) is 22.0. The second kappa shape index (κ2) is 11.6. The van der Waals surface area contributed by atoms with Crippen LogP contribution in [-0.4, -0.2) is 62.9 Å². The summed E-state index contributed by atoms with van der Waals surface area (Å²) in [4.78, 5) is 15.3. The smallest absolute Gasteiger partial charge is 0.309 e. The maximum Gasteiger partial charge on any atom is 0.309 e. The molecule has 5 aromatic heterocycles. The number of ether oxygens (including phenoxy) is 2. The van der Waals surface area contributed by atoms with Crippen LogP contribution in [0.2, 0.25) is 0 Å². The lowest BCUT2D eigenvalue weighted by Crippen LogP contribution is -2.42. The molecule has 0 spiro atoms. The van der Waals surface area contributed by atoms with Crippen LogP contribution in [-0.2, 0) is 17.8 Å². The van der Waals surface area contributed by atoms with Gasteiger partial charge in [0.05, 0.1) is 12.7 Å². The molecule has 5 heterocycles. The number of amides is 1. The third-order valence-corrected chi connectivity index (χ3v) is 6.13. The number of benzene rings is 1. The van der Waals surface area contributed by atoms with E-state index in [0.717, 1.165) is 24.8 Å². The Kier molecular flexibility index (Phi) is 7.29. The van der Waals surface area contributed by atoms with E-state index in [4.69, 9.17) is 9.47 Å². The van der Waals surface area contributed by atoms with E-state index in [1.54, 1.807) is 47.4 Å². The summed E-state index contributed by atoms with van der Waals surface area (Å²) in [7, 11) is 0. The Bertz CT molecular complexity index is 1790. The zero-order chi connectivity index (χ0) is 28.0. The number of tetrazole rings is 2. The van der Waals surface area contributed by atoms with Crippen molar-refractivity contribution in [2.24, 2.45) is 0 Å². The van der Waals surface area contributed by atoms with Crippen molar-refractivity contribution in [1.82, 2.24) is 50.4 Å². The van der Waals surface area contributed by atoms with E-state index in [1.165, 1.54) is 21.7 Å². The minimum absolute atomic E-state index is 0.135. The Balaban J connectivity index is 1.24. The molecule has 0 bridgehead atoms. The standard InChI is InChI=1S/C26H24N12O3/c1-18(39)28-21-7-5-20(6-8-21)17-41-24-16-22(26-30-33-34-37(26)31-24)36-25(10-9-23-29-32-35-38(23)36)40-15-3-2-4-19-11-13-27-14-12-19/h5-14,16H,2-4,15,17H2,1H3/p+1. The number of hydrogen-bond donors (Lipinski definition) is 1. The van der Waals surface area contributed by atoms with Crippen molar-refractivity contribution >= 4 is 22.9 Å². The van der Waals surface area contributed by atoms with E-state index in [9.17, 15) is 4.79 Å². The van der Waals surface area contributed by atoms with Crippen molar-refractivity contribution in [2.45, 2.75) is 32.8 Å². The summed E-state index contributed by atoms with van der Waals surface area (Å²) in [5.74, 6) is 0.625. The molecule has 0 aliphatic heterocycles. The lowest BCUT2D eigenvalue weighted by molar-refractivity contribution is -0.682. The van der Waals surface area contributed by atoms with Crippen molar-refractivity contribution in [3.05, 3.63) is 78.1 Å². The summed E-state index contributed by atoms with van der Waals surface area (Å²) in [5.41, 5.74) is 4.18. The predicted octanol–water partition coefficient (Wildman–Crippen LogP) is 1.57. The second-order valence-corrected chi connectivity index (χ2v) is 9.10. The van der Waals surface area contributed by atoms with E-state index in [1.807, 2.05) is 24.3 Å². The van der Waals surface area contributed by atoms with Gasteiger partial charge in [0.15, 0.2) is 0 Å². The monoisotopic (exact) mass is 553 g/mol. The number of aromatic nitrogens is 11. The van der Waals surface area contributed by atoms with E-state index in [0.29, 0.717) is 35.2 Å². The summed E-state index contributed by atoms with van der Waals surface area (Å²) in [5, 5.41) is 31.1. The summed E-state index contributed by atoms with van der Waals surface area (Å²) in [6, 6.07) is 16.6. The van der Waals surface area contributed by atoms with E-state index < -0.39 is 0 Å². The third kappa shape index (κ3) is 5.88. The SMILES string of the molecule is CC(=O)Nc1ccc(COc2cc(-[n+]3c(OCCCCc4ccncc4)ccc4nnnn43)c3nnnn3n2)cc1. The number of fused-ring (bicyclic) bond motifs is 2. The van der Waals surface area contributed by atoms with Gasteiger partial charge in [-0.3, -0.25) is 9.78 Å². The number of nitrogens with one attached hydrogen (secondary N) is 1. The quantitative estimate of drug-likeness (QED) is 0.183. The van der Waals surface area contributed by atoms with Crippen molar-refractivity contribution in [1.29, 1.82) is 0 Å². The first-order valence-electron chi connectivity index (χ1n) is 12.9. The summed E-state index contributed by atoms with van der Waals surface area (Å²) in [6.45, 7) is 2.16. The normalized spacial score (nSPS) is 11.1. The molecule has 0 unspecified atom stereocenters. The van der Waals surface area contributed by atoms with Crippen molar-refractivity contribution in [2.75, 3.05) is 11.9 Å². The van der Waals surface area contributed by atoms with Gasteiger partial charge in [0.2, 0.25) is 34.0 Å². The van der Waals surface area contributed by atoms with Crippen molar-refractivity contribution in [3.8, 4) is 17.4 Å². The van der Waals surface area contributed by atoms with Gasteiger partial charge in [0.1, 0.15) is 11.8 Å². The summed E-state index contributed by atoms with van der Waals surface area (Å²) in [6.07, 6.45) is 6.32. The molecule has 0 aliphatic rings. The van der Waals surface area contributed by atoms with E-state index in [-0.39, 0.29) is 18.4 Å². The van der Waals surface area contributed by atoms with Crippen LogP contribution >= 0.6 is 0 Å². The highest BCUT2D eigenvalue weighted by Gasteiger charge is 2.25. The molecule has 206 valence electrons. The Morgan fingerprint density at radius 3 is 2.59 bits per heavy atom. The molecule has 0 atom stereocenters. The minimum atomic E-state index is -0.135. The van der Waals surface area contributed by atoms with E-state index >= 15 is 0 Å². The average molecular weight is 554 g/mol. The van der Waals surface area contributed by atoms with Crippen LogP contribution in [0.15, 0.2) is 67.0 Å². The van der Waals surface area contributed by atoms with Gasteiger partial charge in [0.25, 0.3) is 0 Å². The number of carbonyl (C=O) groups excluding carboxylic acids is 1. The van der Waals surface area contributed by atoms with Crippen LogP contribution in [0, 0.1) is 0 Å². The lowest BCUT2D eigenvalue weighted by Gasteiger charge is -2.11. The highest BCUT2D eigenvalue weighted by Crippen LogP contribution is 2.19. The first kappa shape index (κ1) is 25.7. The molecule has 0 aliphatic carbocycles. The largest absolute Gasteiger partial charge is 0.472 e. The Labute approximate surface area is 232 Å². The maximum absolute atomic E-state index is 11.3. The van der Waals surface area contributed by atoms with E-state index in [2.05, 4.69) is 46.5 Å². The molecule has 41 heavy (non-hydrogen) atoms. The van der Waals surface area contributed by atoms with Gasteiger partial charge >= 0.3 is 5.88 Å². The van der Waals surface area contributed by atoms with Crippen molar-refractivity contribution in [3.63, 3.8) is 0 Å². The summed E-state index contributed by atoms with van der Waals surface area (Å²) >= 11 is 0. The number of hydrogen-bond acceptors (Lipinski definition) is 11. The van der Waals surface area contributed by atoms with Gasteiger partial charge < -0.3 is 14.8 Å². The Morgan fingerprint density at radius 1 is 0.927 bits per heavy atom. The molecule has 0 saturated heterocycles. The number of carbonyl (C=O) groups is 1.